The molecule has 3 heterocycles. The van der Waals surface area contributed by atoms with Gasteiger partial charge in [0.25, 0.3) is 0 Å². The van der Waals surface area contributed by atoms with Crippen LogP contribution in [0.4, 0.5) is 0 Å². The third-order valence-corrected chi connectivity index (χ3v) is 5.77. The number of rotatable bonds is 4. The van der Waals surface area contributed by atoms with Crippen LogP contribution in [0.1, 0.15) is 28.3 Å². The molecule has 0 saturated carbocycles. The number of carbonyl (C=O) groups is 1. The lowest BCUT2D eigenvalue weighted by Gasteiger charge is -2.27. The van der Waals surface area contributed by atoms with Crippen molar-refractivity contribution < 1.29 is 4.79 Å². The van der Waals surface area contributed by atoms with Gasteiger partial charge in [-0.05, 0) is 41.8 Å². The first kappa shape index (κ1) is 13.8. The molecule has 1 atom stereocenters. The molecule has 20 heavy (non-hydrogen) atoms. The normalized spacial score (nSPS) is 15.9. The first-order chi connectivity index (χ1) is 9.74. The minimum atomic E-state index is 0.199. The number of fused-ring (bicyclic) bond motifs is 1. The molecular weight excluding hydrogens is 288 g/mol. The zero-order chi connectivity index (χ0) is 13.9. The van der Waals surface area contributed by atoms with Crippen LogP contribution in [0.5, 0.6) is 0 Å². The smallest absolute Gasteiger partial charge is 0.236 e. The van der Waals surface area contributed by atoms with E-state index in [1.807, 2.05) is 11.0 Å². The van der Waals surface area contributed by atoms with Crippen LogP contribution in [0.3, 0.4) is 0 Å². The maximum absolute atomic E-state index is 12.3. The van der Waals surface area contributed by atoms with E-state index in [-0.39, 0.29) is 11.9 Å². The van der Waals surface area contributed by atoms with E-state index in [2.05, 4.69) is 35.1 Å². The van der Waals surface area contributed by atoms with Gasteiger partial charge in [0.2, 0.25) is 5.91 Å². The Morgan fingerprint density at radius 2 is 2.30 bits per heavy atom. The molecule has 0 bridgehead atoms. The number of nitrogens with one attached hydrogen (secondary N) is 1. The van der Waals surface area contributed by atoms with E-state index in [0.717, 1.165) is 19.5 Å². The largest absolute Gasteiger partial charge is 0.337 e. The molecular formula is C15H18N2OS2. The van der Waals surface area contributed by atoms with E-state index in [1.54, 1.807) is 22.7 Å². The van der Waals surface area contributed by atoms with Crippen LogP contribution in [0.25, 0.3) is 0 Å². The fourth-order valence-corrected chi connectivity index (χ4v) is 4.10. The Balaban J connectivity index is 1.53. The Kier molecular flexibility index (Phi) is 4.19. The quantitative estimate of drug-likeness (QED) is 0.941. The third kappa shape index (κ3) is 2.95. The predicted molar refractivity (Wildman–Crippen MR) is 84.2 cm³/mol. The number of hydrogen-bond donors (Lipinski definition) is 1. The molecule has 5 heteroatoms. The fraction of sp³-hybridized carbons (Fsp3) is 0.400. The van der Waals surface area contributed by atoms with Gasteiger partial charge in [-0.2, -0.15) is 0 Å². The lowest BCUT2D eigenvalue weighted by Crippen LogP contribution is -2.41. The van der Waals surface area contributed by atoms with E-state index in [4.69, 9.17) is 0 Å². The van der Waals surface area contributed by atoms with Gasteiger partial charge in [0.15, 0.2) is 0 Å². The van der Waals surface area contributed by atoms with Crippen molar-refractivity contribution in [2.45, 2.75) is 25.9 Å². The number of nitrogens with zero attached hydrogens (tertiary/aromatic N) is 1. The first-order valence-corrected chi connectivity index (χ1v) is 8.60. The van der Waals surface area contributed by atoms with E-state index in [9.17, 15) is 4.79 Å². The molecule has 0 unspecified atom stereocenters. The van der Waals surface area contributed by atoms with Crippen LogP contribution in [0.2, 0.25) is 0 Å². The predicted octanol–water partition coefficient (Wildman–Crippen LogP) is 3.05. The molecule has 3 nitrogen and oxygen atoms in total. The molecule has 1 amide bonds. The van der Waals surface area contributed by atoms with Crippen LogP contribution in [-0.2, 0) is 17.8 Å². The van der Waals surface area contributed by atoms with E-state index in [1.165, 1.54) is 15.3 Å². The van der Waals surface area contributed by atoms with Crippen molar-refractivity contribution in [3.05, 3.63) is 44.3 Å². The molecule has 1 aliphatic rings. The van der Waals surface area contributed by atoms with Crippen molar-refractivity contribution >= 4 is 28.6 Å². The molecule has 0 saturated heterocycles. The van der Waals surface area contributed by atoms with E-state index >= 15 is 0 Å². The Labute approximate surface area is 127 Å². The van der Waals surface area contributed by atoms with Crippen molar-refractivity contribution in [1.82, 2.24) is 10.2 Å². The zero-order valence-electron chi connectivity index (χ0n) is 11.5. The lowest BCUT2D eigenvalue weighted by atomic mass is 10.1. The van der Waals surface area contributed by atoms with Crippen LogP contribution < -0.4 is 5.32 Å². The van der Waals surface area contributed by atoms with Gasteiger partial charge >= 0.3 is 0 Å². The second kappa shape index (κ2) is 6.08. The average Bonchev–Trinajstić information content (AvgIpc) is 3.13. The summed E-state index contributed by atoms with van der Waals surface area (Å²) in [6, 6.07) is 6.52. The Morgan fingerprint density at radius 3 is 3.10 bits per heavy atom. The SMILES string of the molecule is C[C@H](NCC(=O)N1CCc2sccc2C1)c1cccs1. The zero-order valence-corrected chi connectivity index (χ0v) is 13.1. The fourth-order valence-electron chi connectivity index (χ4n) is 2.45. The van der Waals surface area contributed by atoms with Gasteiger partial charge in [0.1, 0.15) is 0 Å². The topological polar surface area (TPSA) is 32.3 Å². The Bertz CT molecular complexity index is 576. The first-order valence-electron chi connectivity index (χ1n) is 6.84. The van der Waals surface area contributed by atoms with Gasteiger partial charge in [-0.25, -0.2) is 0 Å². The molecule has 0 spiro atoms. The highest BCUT2D eigenvalue weighted by Gasteiger charge is 2.21. The summed E-state index contributed by atoms with van der Waals surface area (Å²) in [5.74, 6) is 0.199. The summed E-state index contributed by atoms with van der Waals surface area (Å²) in [7, 11) is 0. The molecule has 2 aromatic heterocycles. The monoisotopic (exact) mass is 306 g/mol. The molecule has 1 aliphatic heterocycles. The van der Waals surface area contributed by atoms with Crippen LogP contribution >= 0.6 is 22.7 Å². The maximum Gasteiger partial charge on any atom is 0.236 e. The van der Waals surface area contributed by atoms with Crippen LogP contribution in [0.15, 0.2) is 29.0 Å². The summed E-state index contributed by atoms with van der Waals surface area (Å²) in [5.41, 5.74) is 1.32. The minimum Gasteiger partial charge on any atom is -0.337 e. The van der Waals surface area contributed by atoms with Gasteiger partial charge in [-0.3, -0.25) is 4.79 Å². The van der Waals surface area contributed by atoms with Crippen molar-refractivity contribution in [3.63, 3.8) is 0 Å². The number of amides is 1. The highest BCUT2D eigenvalue weighted by molar-refractivity contribution is 7.10. The summed E-state index contributed by atoms with van der Waals surface area (Å²) in [6.45, 7) is 4.14. The van der Waals surface area contributed by atoms with Crippen molar-refractivity contribution in [2.24, 2.45) is 0 Å². The molecule has 106 valence electrons. The molecule has 1 N–H and O–H groups in total. The van der Waals surface area contributed by atoms with Gasteiger partial charge in [-0.1, -0.05) is 6.07 Å². The van der Waals surface area contributed by atoms with Gasteiger partial charge in [0, 0.05) is 28.9 Å². The van der Waals surface area contributed by atoms with Crippen LogP contribution in [0, 0.1) is 0 Å². The molecule has 0 aliphatic carbocycles. The van der Waals surface area contributed by atoms with E-state index < -0.39 is 0 Å². The average molecular weight is 306 g/mol. The summed E-state index contributed by atoms with van der Waals surface area (Å²) in [4.78, 5) is 16.9. The highest BCUT2D eigenvalue weighted by Crippen LogP contribution is 2.24. The van der Waals surface area contributed by atoms with E-state index in [0.29, 0.717) is 6.54 Å². The van der Waals surface area contributed by atoms with Crippen LogP contribution in [-0.4, -0.2) is 23.9 Å². The second-order valence-corrected chi connectivity index (χ2v) is 7.03. The third-order valence-electron chi connectivity index (χ3n) is 3.69. The Morgan fingerprint density at radius 1 is 1.40 bits per heavy atom. The second-order valence-electron chi connectivity index (χ2n) is 5.05. The lowest BCUT2D eigenvalue weighted by molar-refractivity contribution is -0.131. The number of carbonyl (C=O) groups excluding carboxylic acids is 1. The van der Waals surface area contributed by atoms with Crippen molar-refractivity contribution in [2.75, 3.05) is 13.1 Å². The van der Waals surface area contributed by atoms with Gasteiger partial charge in [-0.15, -0.1) is 22.7 Å². The van der Waals surface area contributed by atoms with Gasteiger partial charge in [0.05, 0.1) is 6.54 Å². The summed E-state index contributed by atoms with van der Waals surface area (Å²) in [6.07, 6.45) is 0.999. The summed E-state index contributed by atoms with van der Waals surface area (Å²) >= 11 is 3.53. The van der Waals surface area contributed by atoms with Crippen molar-refractivity contribution in [1.29, 1.82) is 0 Å². The number of thiophene rings is 2. The maximum atomic E-state index is 12.3. The minimum absolute atomic E-state index is 0.199. The molecule has 0 radical (unpaired) electrons. The van der Waals surface area contributed by atoms with Gasteiger partial charge < -0.3 is 10.2 Å². The Hall–Kier alpha value is -1.17. The highest BCUT2D eigenvalue weighted by atomic mass is 32.1. The molecule has 0 fully saturated rings. The molecule has 3 rings (SSSR count). The summed E-state index contributed by atoms with van der Waals surface area (Å²) in [5, 5.41) is 7.51. The standard InChI is InChI=1S/C15H18N2OS2/c1-11(13-3-2-7-19-13)16-9-15(18)17-6-4-14-12(10-17)5-8-20-14/h2-3,5,7-8,11,16H,4,6,9-10H2,1H3/t11-/m0/s1. The molecule has 0 aromatic carbocycles. The summed E-state index contributed by atoms with van der Waals surface area (Å²) < 4.78 is 0. The van der Waals surface area contributed by atoms with Crippen molar-refractivity contribution in [3.8, 4) is 0 Å². The molecule has 2 aromatic rings. The number of hydrogen-bond acceptors (Lipinski definition) is 4.